The van der Waals surface area contributed by atoms with Gasteiger partial charge in [-0.2, -0.15) is 0 Å². The van der Waals surface area contributed by atoms with Gasteiger partial charge in [0.15, 0.2) is 0 Å². The predicted octanol–water partition coefficient (Wildman–Crippen LogP) is 4.07. The molecule has 0 saturated heterocycles. The fraction of sp³-hybridized carbons (Fsp3) is 0.500. The predicted molar refractivity (Wildman–Crippen MR) is 60.1 cm³/mol. The van der Waals surface area contributed by atoms with Crippen LogP contribution in [0.5, 0.6) is 0 Å². The second-order valence-electron chi connectivity index (χ2n) is 4.15. The van der Waals surface area contributed by atoms with E-state index in [1.54, 1.807) is 0 Å². The molecule has 0 N–H and O–H groups in total. The highest BCUT2D eigenvalue weighted by Gasteiger charge is 2.25. The minimum atomic E-state index is -0.351. The number of benzene rings is 1. The van der Waals surface area contributed by atoms with Gasteiger partial charge in [0.2, 0.25) is 0 Å². The highest BCUT2D eigenvalue weighted by atomic mass is 79.9. The molecule has 1 aromatic rings. The summed E-state index contributed by atoms with van der Waals surface area (Å²) in [6.45, 7) is 0. The zero-order valence-electron chi connectivity index (χ0n) is 8.35. The molecule has 0 amide bonds. The Balaban J connectivity index is 2.12. The maximum atomic E-state index is 13.4. The number of rotatable bonds is 2. The lowest BCUT2D eigenvalue weighted by Crippen LogP contribution is -2.11. The molecule has 0 radical (unpaired) electrons. The molecular formula is C12H13BrF2. The Morgan fingerprint density at radius 2 is 2.07 bits per heavy atom. The van der Waals surface area contributed by atoms with Gasteiger partial charge in [-0.25, -0.2) is 8.78 Å². The van der Waals surface area contributed by atoms with Gasteiger partial charge < -0.3 is 0 Å². The van der Waals surface area contributed by atoms with Gasteiger partial charge in [0.1, 0.15) is 11.6 Å². The van der Waals surface area contributed by atoms with Crippen molar-refractivity contribution in [2.24, 2.45) is 5.92 Å². The normalized spacial score (nSPS) is 25.8. The van der Waals surface area contributed by atoms with Crippen LogP contribution in [0.15, 0.2) is 18.2 Å². The summed E-state index contributed by atoms with van der Waals surface area (Å²) in [6.07, 6.45) is 4.06. The summed E-state index contributed by atoms with van der Waals surface area (Å²) in [5.74, 6) is -0.195. The Kier molecular flexibility index (Phi) is 3.39. The Morgan fingerprint density at radius 3 is 2.73 bits per heavy atom. The molecule has 1 aliphatic rings. The molecule has 0 aliphatic heterocycles. The molecule has 1 saturated carbocycles. The Hall–Kier alpha value is -0.440. The van der Waals surface area contributed by atoms with E-state index >= 15 is 0 Å². The van der Waals surface area contributed by atoms with Crippen molar-refractivity contribution in [1.29, 1.82) is 0 Å². The lowest BCUT2D eigenvalue weighted by molar-refractivity contribution is 0.525. The van der Waals surface area contributed by atoms with E-state index in [0.717, 1.165) is 12.8 Å². The fourth-order valence-electron chi connectivity index (χ4n) is 2.20. The summed E-state index contributed by atoms with van der Waals surface area (Å²) >= 11 is 3.59. The van der Waals surface area contributed by atoms with Crippen LogP contribution in [-0.2, 0) is 6.42 Å². The third-order valence-electron chi connectivity index (χ3n) is 3.06. The summed E-state index contributed by atoms with van der Waals surface area (Å²) in [6, 6.07) is 3.69. The standard InChI is InChI=1S/C12H13BrF2/c13-11-3-1-2-8(11)6-9-7-10(14)4-5-12(9)15/h4-5,7-8,11H,1-3,6H2. The number of alkyl halides is 1. The Morgan fingerprint density at radius 1 is 1.27 bits per heavy atom. The van der Waals surface area contributed by atoms with Crippen molar-refractivity contribution in [3.63, 3.8) is 0 Å². The average Bonchev–Trinajstić information content (AvgIpc) is 2.58. The molecule has 1 aromatic carbocycles. The molecule has 2 atom stereocenters. The van der Waals surface area contributed by atoms with E-state index in [2.05, 4.69) is 15.9 Å². The van der Waals surface area contributed by atoms with Crippen molar-refractivity contribution in [1.82, 2.24) is 0 Å². The SMILES string of the molecule is Fc1ccc(F)c(CC2CCCC2Br)c1. The number of halogens is 3. The maximum absolute atomic E-state index is 13.4. The molecule has 3 heteroatoms. The second kappa shape index (κ2) is 4.60. The quantitative estimate of drug-likeness (QED) is 0.714. The second-order valence-corrected chi connectivity index (χ2v) is 5.32. The molecule has 0 nitrogen and oxygen atoms in total. The van der Waals surface area contributed by atoms with E-state index in [1.165, 1.54) is 24.6 Å². The molecule has 0 bridgehead atoms. The van der Waals surface area contributed by atoms with Gasteiger partial charge in [-0.15, -0.1) is 0 Å². The summed E-state index contributed by atoms with van der Waals surface area (Å²) < 4.78 is 26.3. The topological polar surface area (TPSA) is 0 Å². The van der Waals surface area contributed by atoms with Crippen LogP contribution in [0, 0.1) is 17.6 Å². The lowest BCUT2D eigenvalue weighted by Gasteiger charge is -2.14. The molecule has 0 spiro atoms. The van der Waals surface area contributed by atoms with Crippen LogP contribution in [0.25, 0.3) is 0 Å². The van der Waals surface area contributed by atoms with Crippen LogP contribution in [0.3, 0.4) is 0 Å². The fourth-order valence-corrected chi connectivity index (χ4v) is 2.98. The Labute approximate surface area is 96.8 Å². The first-order valence-electron chi connectivity index (χ1n) is 5.25. The van der Waals surface area contributed by atoms with Gasteiger partial charge in [0, 0.05) is 4.83 Å². The van der Waals surface area contributed by atoms with E-state index < -0.39 is 0 Å². The van der Waals surface area contributed by atoms with Gasteiger partial charge in [-0.3, -0.25) is 0 Å². The van der Waals surface area contributed by atoms with Gasteiger partial charge >= 0.3 is 0 Å². The van der Waals surface area contributed by atoms with Crippen LogP contribution in [0.4, 0.5) is 8.78 Å². The van der Waals surface area contributed by atoms with Crippen molar-refractivity contribution in [2.75, 3.05) is 0 Å². The van der Waals surface area contributed by atoms with Crippen LogP contribution >= 0.6 is 15.9 Å². The van der Waals surface area contributed by atoms with Crippen molar-refractivity contribution >= 4 is 15.9 Å². The van der Waals surface area contributed by atoms with Gasteiger partial charge in [0.25, 0.3) is 0 Å². The third-order valence-corrected chi connectivity index (χ3v) is 4.26. The first-order chi connectivity index (χ1) is 7.16. The van der Waals surface area contributed by atoms with Crippen LogP contribution in [-0.4, -0.2) is 4.83 Å². The van der Waals surface area contributed by atoms with Gasteiger partial charge in [-0.1, -0.05) is 22.4 Å². The van der Waals surface area contributed by atoms with Crippen LogP contribution in [0.1, 0.15) is 24.8 Å². The third kappa shape index (κ3) is 2.57. The Bertz CT molecular complexity index is 351. The first kappa shape index (κ1) is 11.1. The highest BCUT2D eigenvalue weighted by molar-refractivity contribution is 9.09. The van der Waals surface area contributed by atoms with E-state index in [4.69, 9.17) is 0 Å². The zero-order valence-corrected chi connectivity index (χ0v) is 9.94. The van der Waals surface area contributed by atoms with Crippen LogP contribution in [0.2, 0.25) is 0 Å². The smallest absolute Gasteiger partial charge is 0.126 e. The van der Waals surface area contributed by atoms with Crippen LogP contribution < -0.4 is 0 Å². The lowest BCUT2D eigenvalue weighted by atomic mass is 9.97. The van der Waals surface area contributed by atoms with E-state index in [-0.39, 0.29) is 11.6 Å². The molecule has 2 rings (SSSR count). The van der Waals surface area contributed by atoms with Crippen molar-refractivity contribution in [2.45, 2.75) is 30.5 Å². The zero-order chi connectivity index (χ0) is 10.8. The number of hydrogen-bond donors (Lipinski definition) is 0. The molecule has 1 aliphatic carbocycles. The average molecular weight is 275 g/mol. The van der Waals surface area contributed by atoms with Crippen molar-refractivity contribution in [3.8, 4) is 0 Å². The molecule has 2 unspecified atom stereocenters. The summed E-state index contributed by atoms with van der Waals surface area (Å²) in [5.41, 5.74) is 0.506. The van der Waals surface area contributed by atoms with Crippen molar-refractivity contribution in [3.05, 3.63) is 35.4 Å². The molecule has 1 fully saturated rings. The van der Waals surface area contributed by atoms with Gasteiger partial charge in [0.05, 0.1) is 0 Å². The molecule has 15 heavy (non-hydrogen) atoms. The largest absolute Gasteiger partial charge is 0.207 e. The minimum Gasteiger partial charge on any atom is -0.207 e. The minimum absolute atomic E-state index is 0.289. The summed E-state index contributed by atoms with van der Waals surface area (Å²) in [4.78, 5) is 0.458. The first-order valence-corrected chi connectivity index (χ1v) is 6.16. The van der Waals surface area contributed by atoms with Crippen molar-refractivity contribution < 1.29 is 8.78 Å². The van der Waals surface area contributed by atoms with E-state index in [0.29, 0.717) is 22.7 Å². The monoisotopic (exact) mass is 274 g/mol. The summed E-state index contributed by atoms with van der Waals surface area (Å²) in [7, 11) is 0. The molecule has 0 aromatic heterocycles. The highest BCUT2D eigenvalue weighted by Crippen LogP contribution is 2.34. The van der Waals surface area contributed by atoms with E-state index in [9.17, 15) is 8.78 Å². The summed E-state index contributed by atoms with van der Waals surface area (Å²) in [5, 5.41) is 0. The molecular weight excluding hydrogens is 262 g/mol. The van der Waals surface area contributed by atoms with Gasteiger partial charge in [-0.05, 0) is 48.9 Å². The number of hydrogen-bond acceptors (Lipinski definition) is 0. The molecule has 82 valence electrons. The molecule has 0 heterocycles. The van der Waals surface area contributed by atoms with E-state index in [1.807, 2.05) is 0 Å². The maximum Gasteiger partial charge on any atom is 0.126 e.